The number of furan rings is 1. The van der Waals surface area contributed by atoms with E-state index in [1.54, 1.807) is 6.07 Å². The van der Waals surface area contributed by atoms with Gasteiger partial charge in [-0.1, -0.05) is 25.8 Å². The Morgan fingerprint density at radius 2 is 2.10 bits per heavy atom. The molecule has 1 N–H and O–H groups in total. The lowest BCUT2D eigenvalue weighted by Crippen LogP contribution is -2.32. The quantitative estimate of drug-likeness (QED) is 0.906. The molecule has 0 atom stereocenters. The van der Waals surface area contributed by atoms with E-state index in [-0.39, 0.29) is 5.76 Å². The van der Waals surface area contributed by atoms with E-state index in [0.29, 0.717) is 11.6 Å². The van der Waals surface area contributed by atoms with Crippen LogP contribution in [0.2, 0.25) is 0 Å². The zero-order valence-electron chi connectivity index (χ0n) is 12.3. The molecular weight excluding hydrogens is 266 g/mol. The van der Waals surface area contributed by atoms with Crippen molar-refractivity contribution in [1.82, 2.24) is 4.90 Å². The molecule has 0 saturated heterocycles. The number of hydrogen-bond donors (Lipinski definition) is 1. The molecular formula is C17H21NO3. The van der Waals surface area contributed by atoms with Crippen molar-refractivity contribution in [3.8, 4) is 0 Å². The highest BCUT2D eigenvalue weighted by Crippen LogP contribution is 2.26. The molecule has 0 spiro atoms. The van der Waals surface area contributed by atoms with E-state index in [2.05, 4.69) is 11.8 Å². The highest BCUT2D eigenvalue weighted by atomic mass is 16.4. The number of hydrogen-bond acceptors (Lipinski definition) is 3. The second-order valence-corrected chi connectivity index (χ2v) is 5.79. The molecule has 1 aliphatic carbocycles. The van der Waals surface area contributed by atoms with Crippen LogP contribution in [0.25, 0.3) is 11.0 Å². The predicted molar refractivity (Wildman–Crippen MR) is 81.5 cm³/mol. The Morgan fingerprint density at radius 1 is 1.33 bits per heavy atom. The molecule has 1 aromatic carbocycles. The van der Waals surface area contributed by atoms with Gasteiger partial charge in [-0.3, -0.25) is 4.90 Å². The molecule has 1 heterocycles. The number of fused-ring (bicyclic) bond motifs is 1. The van der Waals surface area contributed by atoms with E-state index >= 15 is 0 Å². The molecule has 0 radical (unpaired) electrons. The third-order valence-corrected chi connectivity index (χ3v) is 4.42. The van der Waals surface area contributed by atoms with Crippen molar-refractivity contribution in [3.05, 3.63) is 35.6 Å². The number of carboxylic acids is 1. The molecule has 4 nitrogen and oxygen atoms in total. The topological polar surface area (TPSA) is 53.7 Å². The second-order valence-electron chi connectivity index (χ2n) is 5.79. The fourth-order valence-electron chi connectivity index (χ4n) is 3.30. The van der Waals surface area contributed by atoms with Crippen molar-refractivity contribution in [2.75, 3.05) is 6.54 Å². The predicted octanol–water partition coefficient (Wildman–Crippen LogP) is 3.90. The van der Waals surface area contributed by atoms with Crippen LogP contribution < -0.4 is 0 Å². The van der Waals surface area contributed by atoms with E-state index in [9.17, 15) is 4.79 Å². The molecule has 3 rings (SSSR count). The standard InChI is InChI=1S/C17H21NO3/c1-2-18(14-5-3-4-6-14)11-12-7-8-15-13(9-12)10-16(21-15)17(19)20/h7-10,14H,2-6,11H2,1H3,(H,19,20). The Morgan fingerprint density at radius 3 is 2.76 bits per heavy atom. The van der Waals surface area contributed by atoms with Gasteiger partial charge < -0.3 is 9.52 Å². The maximum atomic E-state index is 11.0. The van der Waals surface area contributed by atoms with Gasteiger partial charge in [0.1, 0.15) is 5.58 Å². The summed E-state index contributed by atoms with van der Waals surface area (Å²) in [6.07, 6.45) is 5.27. The second kappa shape index (κ2) is 5.90. The van der Waals surface area contributed by atoms with Crippen molar-refractivity contribution in [3.63, 3.8) is 0 Å². The molecule has 0 aliphatic heterocycles. The van der Waals surface area contributed by atoms with Gasteiger partial charge in [0.05, 0.1) is 0 Å². The van der Waals surface area contributed by atoms with Crippen molar-refractivity contribution < 1.29 is 14.3 Å². The van der Waals surface area contributed by atoms with Crippen molar-refractivity contribution in [2.24, 2.45) is 0 Å². The molecule has 1 fully saturated rings. The van der Waals surface area contributed by atoms with Gasteiger partial charge in [0, 0.05) is 18.0 Å². The lowest BCUT2D eigenvalue weighted by atomic mass is 10.1. The molecule has 4 heteroatoms. The SMILES string of the molecule is CCN(Cc1ccc2oc(C(=O)O)cc2c1)C1CCCC1. The molecule has 0 unspecified atom stereocenters. The first-order valence-electron chi connectivity index (χ1n) is 7.67. The molecule has 2 aromatic rings. The summed E-state index contributed by atoms with van der Waals surface area (Å²) in [5, 5.41) is 9.85. The largest absolute Gasteiger partial charge is 0.475 e. The molecule has 0 bridgehead atoms. The average molecular weight is 287 g/mol. The third kappa shape index (κ3) is 2.95. The number of carbonyl (C=O) groups is 1. The van der Waals surface area contributed by atoms with Gasteiger partial charge in [0.15, 0.2) is 0 Å². The summed E-state index contributed by atoms with van der Waals surface area (Å²) >= 11 is 0. The summed E-state index contributed by atoms with van der Waals surface area (Å²) in [5.74, 6) is -1.01. The van der Waals surface area contributed by atoms with Gasteiger partial charge in [-0.25, -0.2) is 4.79 Å². The molecule has 0 amide bonds. The van der Waals surface area contributed by atoms with Crippen LogP contribution in [-0.4, -0.2) is 28.6 Å². The van der Waals surface area contributed by atoms with Crippen LogP contribution in [0.15, 0.2) is 28.7 Å². The summed E-state index contributed by atoms with van der Waals surface area (Å²) in [7, 11) is 0. The Balaban J connectivity index is 1.81. The van der Waals surface area contributed by atoms with Gasteiger partial charge in [0.25, 0.3) is 0 Å². The maximum absolute atomic E-state index is 11.0. The highest BCUT2D eigenvalue weighted by molar-refractivity contribution is 5.91. The van der Waals surface area contributed by atoms with Crippen LogP contribution >= 0.6 is 0 Å². The van der Waals surface area contributed by atoms with Crippen LogP contribution in [0, 0.1) is 0 Å². The molecule has 112 valence electrons. The number of nitrogens with zero attached hydrogens (tertiary/aromatic N) is 1. The average Bonchev–Trinajstić information content (AvgIpc) is 3.13. The monoisotopic (exact) mass is 287 g/mol. The van der Waals surface area contributed by atoms with Crippen LogP contribution in [0.4, 0.5) is 0 Å². The summed E-state index contributed by atoms with van der Waals surface area (Å²) in [6.45, 7) is 4.18. The third-order valence-electron chi connectivity index (χ3n) is 4.42. The van der Waals surface area contributed by atoms with E-state index in [0.717, 1.165) is 18.5 Å². The molecule has 1 saturated carbocycles. The summed E-state index contributed by atoms with van der Waals surface area (Å²) in [4.78, 5) is 13.5. The first-order chi connectivity index (χ1) is 10.2. The number of rotatable bonds is 5. The van der Waals surface area contributed by atoms with Crippen molar-refractivity contribution in [1.29, 1.82) is 0 Å². The zero-order valence-corrected chi connectivity index (χ0v) is 12.3. The van der Waals surface area contributed by atoms with Crippen LogP contribution in [-0.2, 0) is 6.54 Å². The Labute approximate surface area is 124 Å². The lowest BCUT2D eigenvalue weighted by Gasteiger charge is -2.27. The highest BCUT2D eigenvalue weighted by Gasteiger charge is 2.21. The first kappa shape index (κ1) is 14.1. The Hall–Kier alpha value is -1.81. The van der Waals surface area contributed by atoms with Crippen molar-refractivity contribution >= 4 is 16.9 Å². The molecule has 21 heavy (non-hydrogen) atoms. The number of aromatic carboxylic acids is 1. The van der Waals surface area contributed by atoms with Crippen LogP contribution in [0.5, 0.6) is 0 Å². The fraction of sp³-hybridized carbons (Fsp3) is 0.471. The minimum absolute atomic E-state index is 0.00490. The Kier molecular flexibility index (Phi) is 3.97. The maximum Gasteiger partial charge on any atom is 0.371 e. The molecule has 1 aliphatic rings. The van der Waals surface area contributed by atoms with Gasteiger partial charge in [-0.05, 0) is 43.1 Å². The number of carboxylic acid groups (broad SMARTS) is 1. The smallest absolute Gasteiger partial charge is 0.371 e. The normalized spacial score (nSPS) is 16.1. The summed E-state index contributed by atoms with van der Waals surface area (Å²) in [6, 6.07) is 8.26. The summed E-state index contributed by atoms with van der Waals surface area (Å²) in [5.41, 5.74) is 1.86. The lowest BCUT2D eigenvalue weighted by molar-refractivity contribution is 0.0665. The van der Waals surface area contributed by atoms with E-state index < -0.39 is 5.97 Å². The van der Waals surface area contributed by atoms with Gasteiger partial charge >= 0.3 is 5.97 Å². The Bertz CT molecular complexity index is 641. The van der Waals surface area contributed by atoms with Gasteiger partial charge in [0.2, 0.25) is 5.76 Å². The van der Waals surface area contributed by atoms with E-state index in [1.165, 1.54) is 31.2 Å². The van der Waals surface area contributed by atoms with Gasteiger partial charge in [-0.15, -0.1) is 0 Å². The van der Waals surface area contributed by atoms with Crippen molar-refractivity contribution in [2.45, 2.75) is 45.2 Å². The summed E-state index contributed by atoms with van der Waals surface area (Å²) < 4.78 is 5.30. The minimum atomic E-state index is -1.02. The van der Waals surface area contributed by atoms with E-state index in [1.807, 2.05) is 18.2 Å². The number of benzene rings is 1. The van der Waals surface area contributed by atoms with E-state index in [4.69, 9.17) is 9.52 Å². The fourth-order valence-corrected chi connectivity index (χ4v) is 3.30. The minimum Gasteiger partial charge on any atom is -0.475 e. The first-order valence-corrected chi connectivity index (χ1v) is 7.67. The van der Waals surface area contributed by atoms with Crippen LogP contribution in [0.3, 0.4) is 0 Å². The zero-order chi connectivity index (χ0) is 14.8. The van der Waals surface area contributed by atoms with Gasteiger partial charge in [-0.2, -0.15) is 0 Å². The van der Waals surface area contributed by atoms with Crippen LogP contribution in [0.1, 0.15) is 48.7 Å². The molecule has 1 aromatic heterocycles.